The second-order valence-corrected chi connectivity index (χ2v) is 6.36. The molecule has 0 atom stereocenters. The van der Waals surface area contributed by atoms with E-state index in [0.29, 0.717) is 10.6 Å². The molecule has 0 saturated carbocycles. The zero-order valence-electron chi connectivity index (χ0n) is 13.1. The lowest BCUT2D eigenvalue weighted by Crippen LogP contribution is -2.41. The maximum atomic E-state index is 11.5. The number of rotatable bonds is 5. The molecule has 1 aromatic rings. The second-order valence-electron chi connectivity index (χ2n) is 5.88. The van der Waals surface area contributed by atoms with Crippen molar-refractivity contribution in [3.63, 3.8) is 0 Å². The summed E-state index contributed by atoms with van der Waals surface area (Å²) in [6, 6.07) is 3.28. The highest BCUT2D eigenvalue weighted by Gasteiger charge is 2.19. The van der Waals surface area contributed by atoms with Gasteiger partial charge in [-0.1, -0.05) is 0 Å². The number of nitro groups is 1. The second kappa shape index (κ2) is 7.35. The molecule has 0 unspecified atom stereocenters. The van der Waals surface area contributed by atoms with Gasteiger partial charge < -0.3 is 15.4 Å². The Morgan fingerprint density at radius 2 is 2.05 bits per heavy atom. The molecule has 1 amide bonds. The monoisotopic (exact) mass is 327 g/mol. The molecule has 0 spiro atoms. The number of hydrogen-bond acceptors (Lipinski definition) is 6. The number of hydrogen-bond donors (Lipinski definition) is 3. The lowest BCUT2D eigenvalue weighted by molar-refractivity contribution is -0.386. The van der Waals surface area contributed by atoms with Crippen molar-refractivity contribution in [2.75, 3.05) is 18.5 Å². The zero-order valence-corrected chi connectivity index (χ0v) is 14.0. The third kappa shape index (κ3) is 5.80. The molecule has 122 valence electrons. The first-order valence-electron chi connectivity index (χ1n) is 6.77. The van der Waals surface area contributed by atoms with Crippen molar-refractivity contribution >= 4 is 30.1 Å². The van der Waals surface area contributed by atoms with Crippen molar-refractivity contribution in [3.05, 3.63) is 27.8 Å². The highest BCUT2D eigenvalue weighted by atomic mass is 32.1. The van der Waals surface area contributed by atoms with E-state index < -0.39 is 11.0 Å². The minimum Gasteiger partial charge on any atom is -0.448 e. The molecule has 0 fully saturated rings. The van der Waals surface area contributed by atoms with Gasteiger partial charge in [0, 0.05) is 12.1 Å². The molecule has 0 aliphatic rings. The van der Waals surface area contributed by atoms with Crippen LogP contribution in [0.25, 0.3) is 0 Å². The number of aryl methyl sites for hydroxylation is 1. The molecular formula is C14H21N3O4S. The van der Waals surface area contributed by atoms with Crippen molar-refractivity contribution in [2.45, 2.75) is 38.1 Å². The largest absolute Gasteiger partial charge is 0.448 e. The third-order valence-electron chi connectivity index (χ3n) is 2.54. The number of nitrogens with one attached hydrogen (secondary N) is 2. The van der Waals surface area contributed by atoms with Crippen molar-refractivity contribution in [2.24, 2.45) is 0 Å². The average molecular weight is 327 g/mol. The maximum absolute atomic E-state index is 11.5. The van der Waals surface area contributed by atoms with Crippen LogP contribution in [0.3, 0.4) is 0 Å². The van der Waals surface area contributed by atoms with E-state index in [-0.39, 0.29) is 24.4 Å². The summed E-state index contributed by atoms with van der Waals surface area (Å²) < 4.78 is 5.00. The molecule has 1 rings (SSSR count). The van der Waals surface area contributed by atoms with Gasteiger partial charge in [-0.05, 0) is 45.4 Å². The predicted molar refractivity (Wildman–Crippen MR) is 87.8 cm³/mol. The zero-order chi connectivity index (χ0) is 16.9. The molecule has 0 aliphatic carbocycles. The molecule has 2 N–H and O–H groups in total. The van der Waals surface area contributed by atoms with Crippen molar-refractivity contribution < 1.29 is 14.5 Å². The molecule has 0 heterocycles. The lowest BCUT2D eigenvalue weighted by atomic mass is 10.1. The first-order valence-corrected chi connectivity index (χ1v) is 7.21. The summed E-state index contributed by atoms with van der Waals surface area (Å²) in [5.41, 5.74) is 0.744. The Kier molecular flexibility index (Phi) is 6.04. The number of amides is 1. The smallest absolute Gasteiger partial charge is 0.407 e. The highest BCUT2D eigenvalue weighted by molar-refractivity contribution is 7.80. The predicted octanol–water partition coefficient (Wildman–Crippen LogP) is 3.13. The standard InChI is InChI=1S/C14H21N3O4S/c1-9-7-10(12(17(19)20)11(22)8-9)15-5-6-21-13(18)16-14(2,3)4/h7-8,15,22H,5-6H2,1-4H3,(H,16,18). The SMILES string of the molecule is Cc1cc(S)c([N+](=O)[O-])c(NCCOC(=O)NC(C)(C)C)c1. The quantitative estimate of drug-likeness (QED) is 0.334. The number of ether oxygens (including phenoxy) is 1. The molecule has 0 aromatic heterocycles. The van der Waals surface area contributed by atoms with Crippen LogP contribution in [0, 0.1) is 17.0 Å². The number of carbonyl (C=O) groups excluding carboxylic acids is 1. The van der Waals surface area contributed by atoms with Gasteiger partial charge in [0.05, 0.1) is 9.82 Å². The number of alkyl carbamates (subject to hydrolysis) is 1. The Bertz CT molecular complexity index is 570. The molecule has 8 heteroatoms. The number of nitrogens with zero attached hydrogens (tertiary/aromatic N) is 1. The Hall–Kier alpha value is -1.96. The van der Waals surface area contributed by atoms with Crippen LogP contribution < -0.4 is 10.6 Å². The molecule has 0 aliphatic heterocycles. The first kappa shape index (κ1) is 18.1. The summed E-state index contributed by atoms with van der Waals surface area (Å²) in [6.45, 7) is 7.70. The van der Waals surface area contributed by atoms with Crippen LogP contribution in [0.4, 0.5) is 16.2 Å². The molecule has 7 nitrogen and oxygen atoms in total. The van der Waals surface area contributed by atoms with Crippen LogP contribution in [0.5, 0.6) is 0 Å². The topological polar surface area (TPSA) is 93.5 Å². The third-order valence-corrected chi connectivity index (χ3v) is 2.89. The van der Waals surface area contributed by atoms with E-state index in [2.05, 4.69) is 23.3 Å². The van der Waals surface area contributed by atoms with E-state index in [4.69, 9.17) is 4.74 Å². The molecule has 22 heavy (non-hydrogen) atoms. The Morgan fingerprint density at radius 3 is 2.59 bits per heavy atom. The van der Waals surface area contributed by atoms with Crippen LogP contribution >= 0.6 is 12.6 Å². The van der Waals surface area contributed by atoms with Gasteiger partial charge in [-0.15, -0.1) is 12.6 Å². The summed E-state index contributed by atoms with van der Waals surface area (Å²) >= 11 is 4.12. The number of thiol groups is 1. The Morgan fingerprint density at radius 1 is 1.41 bits per heavy atom. The van der Waals surface area contributed by atoms with Crippen LogP contribution in [-0.4, -0.2) is 29.7 Å². The molecule has 0 radical (unpaired) electrons. The van der Waals surface area contributed by atoms with Gasteiger partial charge in [0.25, 0.3) is 0 Å². The van der Waals surface area contributed by atoms with Gasteiger partial charge in [0.15, 0.2) is 0 Å². The summed E-state index contributed by atoms with van der Waals surface area (Å²) in [5.74, 6) is 0. The molecule has 1 aromatic carbocycles. The normalized spacial score (nSPS) is 11.0. The van der Waals surface area contributed by atoms with Gasteiger partial charge in [-0.2, -0.15) is 0 Å². The van der Waals surface area contributed by atoms with Crippen molar-refractivity contribution in [1.82, 2.24) is 5.32 Å². The Balaban J connectivity index is 2.59. The van der Waals surface area contributed by atoms with E-state index in [0.717, 1.165) is 5.56 Å². The lowest BCUT2D eigenvalue weighted by Gasteiger charge is -2.20. The van der Waals surface area contributed by atoms with Gasteiger partial charge in [0.1, 0.15) is 12.3 Å². The molecular weight excluding hydrogens is 306 g/mol. The summed E-state index contributed by atoms with van der Waals surface area (Å²) in [4.78, 5) is 22.3. The summed E-state index contributed by atoms with van der Waals surface area (Å²) in [6.07, 6.45) is -0.525. The van der Waals surface area contributed by atoms with E-state index in [1.165, 1.54) is 0 Å². The van der Waals surface area contributed by atoms with Crippen LogP contribution in [0.2, 0.25) is 0 Å². The van der Waals surface area contributed by atoms with E-state index in [1.54, 1.807) is 12.1 Å². The van der Waals surface area contributed by atoms with Crippen LogP contribution in [0.1, 0.15) is 26.3 Å². The number of carbonyl (C=O) groups is 1. The Labute approximate surface area is 135 Å². The van der Waals surface area contributed by atoms with Crippen LogP contribution in [0.15, 0.2) is 17.0 Å². The summed E-state index contributed by atoms with van der Waals surface area (Å²) in [7, 11) is 0. The fourth-order valence-electron chi connectivity index (χ4n) is 1.76. The number of nitro benzene ring substituents is 1. The fourth-order valence-corrected chi connectivity index (χ4v) is 2.16. The van der Waals surface area contributed by atoms with Gasteiger partial charge in [0.2, 0.25) is 0 Å². The van der Waals surface area contributed by atoms with Gasteiger partial charge >= 0.3 is 11.8 Å². The van der Waals surface area contributed by atoms with E-state index in [1.807, 2.05) is 27.7 Å². The molecule has 0 bridgehead atoms. The van der Waals surface area contributed by atoms with Crippen LogP contribution in [-0.2, 0) is 4.74 Å². The number of anilines is 1. The van der Waals surface area contributed by atoms with Gasteiger partial charge in [-0.3, -0.25) is 10.1 Å². The maximum Gasteiger partial charge on any atom is 0.407 e. The fraction of sp³-hybridized carbons (Fsp3) is 0.500. The van der Waals surface area contributed by atoms with Crippen molar-refractivity contribution in [1.29, 1.82) is 0 Å². The number of benzene rings is 1. The van der Waals surface area contributed by atoms with Gasteiger partial charge in [-0.25, -0.2) is 4.79 Å². The van der Waals surface area contributed by atoms with E-state index >= 15 is 0 Å². The van der Waals surface area contributed by atoms with E-state index in [9.17, 15) is 14.9 Å². The average Bonchev–Trinajstić information content (AvgIpc) is 2.30. The minimum absolute atomic E-state index is 0.0897. The molecule has 0 saturated heterocycles. The first-order chi connectivity index (χ1) is 10.1. The highest BCUT2D eigenvalue weighted by Crippen LogP contribution is 2.32. The van der Waals surface area contributed by atoms with Crippen molar-refractivity contribution in [3.8, 4) is 0 Å². The minimum atomic E-state index is -0.525. The summed E-state index contributed by atoms with van der Waals surface area (Å²) in [5, 5.41) is 16.6.